The van der Waals surface area contributed by atoms with Crippen LogP contribution in [0.1, 0.15) is 17.3 Å². The van der Waals surface area contributed by atoms with Gasteiger partial charge in [0.25, 0.3) is 5.69 Å². The Kier molecular flexibility index (Phi) is 4.00. The molecule has 0 radical (unpaired) electrons. The maximum absolute atomic E-state index is 10.9. The van der Waals surface area contributed by atoms with E-state index in [0.29, 0.717) is 0 Å². The number of carboxylic acids is 1. The molecule has 0 fully saturated rings. The smallest absolute Gasteiger partial charge is 0.337 e. The Morgan fingerprint density at radius 2 is 2.24 bits per heavy atom. The highest BCUT2D eigenvalue weighted by Crippen LogP contribution is 2.22. The second-order valence-corrected chi connectivity index (χ2v) is 3.52. The first-order valence-corrected chi connectivity index (χ1v) is 4.85. The van der Waals surface area contributed by atoms with Crippen molar-refractivity contribution in [1.29, 1.82) is 0 Å². The predicted molar refractivity (Wildman–Crippen MR) is 60.2 cm³/mol. The van der Waals surface area contributed by atoms with E-state index in [-0.39, 0.29) is 23.5 Å². The maximum atomic E-state index is 10.9. The summed E-state index contributed by atoms with van der Waals surface area (Å²) in [6, 6.07) is 3.41. The van der Waals surface area contributed by atoms with E-state index in [9.17, 15) is 14.9 Å². The van der Waals surface area contributed by atoms with Crippen molar-refractivity contribution in [2.45, 2.75) is 13.0 Å². The van der Waals surface area contributed by atoms with Crippen LogP contribution in [-0.4, -0.2) is 33.8 Å². The standard InChI is InChI=1S/C10H12N2O5/c1-6(13)5-11-9-4-7(12(16)17)2-3-8(9)10(14)15/h2-4,6,11,13H,5H2,1H3,(H,14,15). The summed E-state index contributed by atoms with van der Waals surface area (Å²) in [5.74, 6) is -1.19. The van der Waals surface area contributed by atoms with Crippen molar-refractivity contribution in [2.24, 2.45) is 0 Å². The molecule has 92 valence electrons. The van der Waals surface area contributed by atoms with Crippen LogP contribution < -0.4 is 5.32 Å². The van der Waals surface area contributed by atoms with E-state index >= 15 is 0 Å². The third kappa shape index (κ3) is 3.42. The van der Waals surface area contributed by atoms with E-state index < -0.39 is 17.0 Å². The molecule has 1 atom stereocenters. The van der Waals surface area contributed by atoms with Crippen LogP contribution >= 0.6 is 0 Å². The summed E-state index contributed by atoms with van der Waals surface area (Å²) >= 11 is 0. The van der Waals surface area contributed by atoms with Crippen LogP contribution in [0.15, 0.2) is 18.2 Å². The summed E-state index contributed by atoms with van der Waals surface area (Å²) < 4.78 is 0. The molecule has 0 bridgehead atoms. The zero-order valence-corrected chi connectivity index (χ0v) is 9.08. The number of hydrogen-bond acceptors (Lipinski definition) is 5. The van der Waals surface area contributed by atoms with Gasteiger partial charge in [-0.05, 0) is 13.0 Å². The van der Waals surface area contributed by atoms with Crippen molar-refractivity contribution in [2.75, 3.05) is 11.9 Å². The number of nitro groups is 1. The van der Waals surface area contributed by atoms with Gasteiger partial charge in [-0.3, -0.25) is 10.1 Å². The second-order valence-electron chi connectivity index (χ2n) is 3.52. The van der Waals surface area contributed by atoms with Gasteiger partial charge in [-0.15, -0.1) is 0 Å². The molecule has 1 aromatic carbocycles. The topological polar surface area (TPSA) is 113 Å². The molecule has 0 aliphatic rings. The van der Waals surface area contributed by atoms with Crippen molar-refractivity contribution in [3.8, 4) is 0 Å². The van der Waals surface area contributed by atoms with Gasteiger partial charge in [0.15, 0.2) is 0 Å². The Morgan fingerprint density at radius 3 is 2.71 bits per heavy atom. The second kappa shape index (κ2) is 5.26. The van der Waals surface area contributed by atoms with Crippen LogP contribution in [0.5, 0.6) is 0 Å². The number of hydrogen-bond donors (Lipinski definition) is 3. The quantitative estimate of drug-likeness (QED) is 0.524. The van der Waals surface area contributed by atoms with Gasteiger partial charge in [0, 0.05) is 18.7 Å². The van der Waals surface area contributed by atoms with Gasteiger partial charge in [0.2, 0.25) is 0 Å². The first-order chi connectivity index (χ1) is 7.91. The van der Waals surface area contributed by atoms with Crippen molar-refractivity contribution in [3.05, 3.63) is 33.9 Å². The molecular weight excluding hydrogens is 228 g/mol. The minimum absolute atomic E-state index is 0.0729. The molecule has 0 saturated heterocycles. The highest BCUT2D eigenvalue weighted by molar-refractivity contribution is 5.94. The van der Waals surface area contributed by atoms with Crippen LogP contribution in [0.25, 0.3) is 0 Å². The van der Waals surface area contributed by atoms with E-state index in [1.807, 2.05) is 0 Å². The molecule has 3 N–H and O–H groups in total. The molecule has 0 aliphatic carbocycles. The average molecular weight is 240 g/mol. The Morgan fingerprint density at radius 1 is 1.59 bits per heavy atom. The number of aliphatic hydroxyl groups is 1. The first-order valence-electron chi connectivity index (χ1n) is 4.85. The number of benzene rings is 1. The van der Waals surface area contributed by atoms with Gasteiger partial charge in [0.1, 0.15) is 0 Å². The molecular formula is C10H12N2O5. The third-order valence-electron chi connectivity index (χ3n) is 2.03. The van der Waals surface area contributed by atoms with Gasteiger partial charge < -0.3 is 15.5 Å². The number of nitro benzene ring substituents is 1. The number of nitrogens with one attached hydrogen (secondary N) is 1. The SMILES string of the molecule is CC(O)CNc1cc([N+](=O)[O-])ccc1C(=O)O. The zero-order valence-electron chi connectivity index (χ0n) is 9.08. The number of nitrogens with zero attached hydrogens (tertiary/aromatic N) is 1. The normalized spacial score (nSPS) is 11.9. The lowest BCUT2D eigenvalue weighted by molar-refractivity contribution is -0.384. The van der Waals surface area contributed by atoms with Gasteiger partial charge in [-0.25, -0.2) is 4.79 Å². The summed E-state index contributed by atoms with van der Waals surface area (Å²) in [4.78, 5) is 20.8. The minimum atomic E-state index is -1.19. The van der Waals surface area contributed by atoms with Crippen LogP contribution in [0.2, 0.25) is 0 Å². The lowest BCUT2D eigenvalue weighted by atomic mass is 10.1. The van der Waals surface area contributed by atoms with Crippen LogP contribution in [0.3, 0.4) is 0 Å². The van der Waals surface area contributed by atoms with Gasteiger partial charge >= 0.3 is 5.97 Å². The number of non-ortho nitro benzene ring substituents is 1. The fraction of sp³-hybridized carbons (Fsp3) is 0.300. The summed E-state index contributed by atoms with van der Waals surface area (Å²) in [6.07, 6.45) is -0.684. The highest BCUT2D eigenvalue weighted by Gasteiger charge is 2.15. The Balaban J connectivity index is 3.07. The fourth-order valence-corrected chi connectivity index (χ4v) is 1.24. The maximum Gasteiger partial charge on any atom is 0.337 e. The van der Waals surface area contributed by atoms with E-state index in [0.717, 1.165) is 18.2 Å². The van der Waals surface area contributed by atoms with E-state index in [4.69, 9.17) is 10.2 Å². The molecule has 1 aromatic rings. The van der Waals surface area contributed by atoms with Crippen molar-refractivity contribution >= 4 is 17.3 Å². The van der Waals surface area contributed by atoms with Crippen LogP contribution in [-0.2, 0) is 0 Å². The van der Waals surface area contributed by atoms with Gasteiger partial charge in [0.05, 0.1) is 22.3 Å². The van der Waals surface area contributed by atoms with Gasteiger partial charge in [-0.1, -0.05) is 0 Å². The molecule has 0 heterocycles. The molecule has 0 aromatic heterocycles. The number of aromatic carboxylic acids is 1. The lowest BCUT2D eigenvalue weighted by Gasteiger charge is -2.10. The molecule has 1 unspecified atom stereocenters. The Labute approximate surface area is 96.8 Å². The number of aliphatic hydroxyl groups excluding tert-OH is 1. The predicted octanol–water partition coefficient (Wildman–Crippen LogP) is 1.09. The third-order valence-corrected chi connectivity index (χ3v) is 2.03. The zero-order chi connectivity index (χ0) is 13.0. The van der Waals surface area contributed by atoms with Crippen molar-refractivity contribution in [1.82, 2.24) is 0 Å². The lowest BCUT2D eigenvalue weighted by Crippen LogP contribution is -2.17. The average Bonchev–Trinajstić information content (AvgIpc) is 2.25. The summed E-state index contributed by atoms with van der Waals surface area (Å²) in [5.41, 5.74) is -0.160. The van der Waals surface area contributed by atoms with Crippen LogP contribution in [0.4, 0.5) is 11.4 Å². The molecule has 7 nitrogen and oxygen atoms in total. The van der Waals surface area contributed by atoms with E-state index in [1.165, 1.54) is 6.92 Å². The van der Waals surface area contributed by atoms with Crippen LogP contribution in [0, 0.1) is 10.1 Å². The van der Waals surface area contributed by atoms with E-state index in [1.54, 1.807) is 0 Å². The first kappa shape index (κ1) is 12.9. The molecule has 0 saturated carbocycles. The monoisotopic (exact) mass is 240 g/mol. The molecule has 17 heavy (non-hydrogen) atoms. The highest BCUT2D eigenvalue weighted by atomic mass is 16.6. The molecule has 7 heteroatoms. The Bertz CT molecular complexity index is 444. The summed E-state index contributed by atoms with van der Waals surface area (Å²) in [5, 5.41) is 31.2. The van der Waals surface area contributed by atoms with Gasteiger partial charge in [-0.2, -0.15) is 0 Å². The fourth-order valence-electron chi connectivity index (χ4n) is 1.24. The van der Waals surface area contributed by atoms with E-state index in [2.05, 4.69) is 5.32 Å². The Hall–Kier alpha value is -2.15. The number of carbonyl (C=O) groups is 1. The molecule has 0 aliphatic heterocycles. The number of rotatable bonds is 5. The summed E-state index contributed by atoms with van der Waals surface area (Å²) in [6.45, 7) is 1.63. The number of anilines is 1. The molecule has 1 rings (SSSR count). The molecule has 0 spiro atoms. The van der Waals surface area contributed by atoms with Crippen molar-refractivity contribution < 1.29 is 19.9 Å². The largest absolute Gasteiger partial charge is 0.478 e. The van der Waals surface area contributed by atoms with Crippen molar-refractivity contribution in [3.63, 3.8) is 0 Å². The molecule has 0 amide bonds. The number of carboxylic acid groups (broad SMARTS) is 1. The minimum Gasteiger partial charge on any atom is -0.478 e. The summed E-state index contributed by atoms with van der Waals surface area (Å²) in [7, 11) is 0.